The zero-order valence-electron chi connectivity index (χ0n) is 46.5. The zero-order valence-corrected chi connectivity index (χ0v) is 47.4. The van der Waals surface area contributed by atoms with E-state index in [-0.39, 0.29) is 12.5 Å². The van der Waals surface area contributed by atoms with E-state index in [0.29, 0.717) is 17.4 Å². The summed E-state index contributed by atoms with van der Waals surface area (Å²) < 4.78 is 23.3. The number of carbonyl (C=O) groups excluding carboxylic acids is 1. The third-order valence-corrected chi connectivity index (χ3v) is 13.9. The van der Waals surface area contributed by atoms with Gasteiger partial charge in [0.25, 0.3) is 7.82 Å². The molecule has 0 aromatic heterocycles. The Morgan fingerprint density at radius 2 is 0.886 bits per heavy atom. The Morgan fingerprint density at radius 1 is 0.514 bits per heavy atom. The highest BCUT2D eigenvalue weighted by molar-refractivity contribution is 7.45. The molecule has 8 nitrogen and oxygen atoms in total. The Labute approximate surface area is 434 Å². The van der Waals surface area contributed by atoms with Gasteiger partial charge in [-0.2, -0.15) is 0 Å². The van der Waals surface area contributed by atoms with Gasteiger partial charge in [-0.3, -0.25) is 9.36 Å². The van der Waals surface area contributed by atoms with Gasteiger partial charge in [0, 0.05) is 6.42 Å². The number of amides is 1. The first-order valence-corrected chi connectivity index (χ1v) is 30.8. The zero-order chi connectivity index (χ0) is 51.3. The molecule has 0 radical (unpaired) electrons. The fraction of sp³-hybridized carbons (Fsp3) is 0.787. The fourth-order valence-corrected chi connectivity index (χ4v) is 9.06. The van der Waals surface area contributed by atoms with Gasteiger partial charge in [0.2, 0.25) is 5.91 Å². The van der Waals surface area contributed by atoms with Gasteiger partial charge in [-0.15, -0.1) is 0 Å². The molecule has 0 aliphatic rings. The molecule has 0 aromatic carbocycles. The third kappa shape index (κ3) is 53.7. The minimum Gasteiger partial charge on any atom is -0.756 e. The molecule has 0 fully saturated rings. The number of hydrogen-bond acceptors (Lipinski definition) is 6. The lowest BCUT2D eigenvalue weighted by Gasteiger charge is -2.29. The molecule has 0 bridgehead atoms. The van der Waals surface area contributed by atoms with Crippen molar-refractivity contribution in [3.05, 3.63) is 72.9 Å². The first kappa shape index (κ1) is 67.9. The van der Waals surface area contributed by atoms with E-state index in [2.05, 4.69) is 79.9 Å². The van der Waals surface area contributed by atoms with Crippen molar-refractivity contribution < 1.29 is 32.9 Å². The molecule has 408 valence electrons. The molecule has 3 atom stereocenters. The average Bonchev–Trinajstić information content (AvgIpc) is 3.32. The van der Waals surface area contributed by atoms with E-state index < -0.39 is 26.6 Å². The molecule has 0 aliphatic heterocycles. The summed E-state index contributed by atoms with van der Waals surface area (Å²) in [5, 5.41) is 13.9. The summed E-state index contributed by atoms with van der Waals surface area (Å²) >= 11 is 0. The highest BCUT2D eigenvalue weighted by Gasteiger charge is 2.23. The van der Waals surface area contributed by atoms with Crippen molar-refractivity contribution in [2.75, 3.05) is 40.9 Å². The van der Waals surface area contributed by atoms with E-state index in [9.17, 15) is 19.4 Å². The van der Waals surface area contributed by atoms with Gasteiger partial charge in [-0.1, -0.05) is 254 Å². The summed E-state index contributed by atoms with van der Waals surface area (Å²) in [6, 6.07) is -0.909. The first-order chi connectivity index (χ1) is 34.0. The Bertz CT molecular complexity index is 1370. The van der Waals surface area contributed by atoms with Gasteiger partial charge in [0.1, 0.15) is 13.2 Å². The summed E-state index contributed by atoms with van der Waals surface area (Å²) in [4.78, 5) is 25.5. The van der Waals surface area contributed by atoms with Gasteiger partial charge in [-0.05, 0) is 70.6 Å². The Kier molecular flexibility index (Phi) is 50.3. The van der Waals surface area contributed by atoms with Crippen LogP contribution in [-0.4, -0.2) is 68.5 Å². The second-order valence-corrected chi connectivity index (χ2v) is 22.4. The van der Waals surface area contributed by atoms with Crippen molar-refractivity contribution in [3.8, 4) is 0 Å². The second kappa shape index (κ2) is 51.8. The highest BCUT2D eigenvalue weighted by atomic mass is 31.2. The molecule has 0 aromatic rings. The van der Waals surface area contributed by atoms with Crippen LogP contribution >= 0.6 is 7.82 Å². The number of allylic oxidation sites excluding steroid dienone is 11. The van der Waals surface area contributed by atoms with Crippen molar-refractivity contribution >= 4 is 13.7 Å². The van der Waals surface area contributed by atoms with E-state index in [1.807, 2.05) is 27.2 Å². The van der Waals surface area contributed by atoms with Crippen LogP contribution in [0.15, 0.2) is 72.9 Å². The first-order valence-electron chi connectivity index (χ1n) is 29.3. The summed E-state index contributed by atoms with van der Waals surface area (Å²) in [5.41, 5.74) is 0. The monoisotopic (exact) mass is 1000 g/mol. The van der Waals surface area contributed by atoms with Crippen molar-refractivity contribution in [1.82, 2.24) is 5.32 Å². The van der Waals surface area contributed by atoms with Crippen molar-refractivity contribution in [1.29, 1.82) is 0 Å². The number of likely N-dealkylation sites (N-methyl/N-ethyl adjacent to an activating group) is 1. The van der Waals surface area contributed by atoms with Crippen LogP contribution in [0.1, 0.15) is 258 Å². The number of phosphoric ester groups is 1. The largest absolute Gasteiger partial charge is 0.756 e. The minimum absolute atomic E-state index is 0.00893. The summed E-state index contributed by atoms with van der Waals surface area (Å²) in [5.74, 6) is -0.210. The molecule has 0 aliphatic carbocycles. The van der Waals surface area contributed by atoms with Gasteiger partial charge in [-0.25, -0.2) is 0 Å². The van der Waals surface area contributed by atoms with E-state index in [4.69, 9.17) is 9.05 Å². The van der Waals surface area contributed by atoms with Crippen molar-refractivity contribution in [3.63, 3.8) is 0 Å². The average molecular weight is 1000 g/mol. The SMILES string of the molecule is CC/C=C\C/C=C\C/C=C\C/C=C\CCCCCCCCCCCCCCC(=O)NC(COP(=O)([O-])OCC[N+](C)(C)C)C(O)/C=C/CC/C=C/CCCCCCCCCCCCCCCCCCC. The molecule has 9 heteroatoms. The van der Waals surface area contributed by atoms with Crippen LogP contribution in [0.3, 0.4) is 0 Å². The van der Waals surface area contributed by atoms with E-state index in [1.165, 1.54) is 173 Å². The molecule has 0 saturated heterocycles. The summed E-state index contributed by atoms with van der Waals surface area (Å²) in [6.07, 6.45) is 71.2. The predicted molar refractivity (Wildman–Crippen MR) is 302 cm³/mol. The second-order valence-electron chi connectivity index (χ2n) is 21.0. The molecule has 0 heterocycles. The quantitative estimate of drug-likeness (QED) is 0.0272. The number of nitrogens with zero attached hydrogens (tertiary/aromatic N) is 1. The number of aliphatic hydroxyl groups excluding tert-OH is 1. The number of unbranched alkanes of at least 4 members (excludes halogenated alkanes) is 30. The summed E-state index contributed by atoms with van der Waals surface area (Å²) in [6.45, 7) is 4.53. The number of aliphatic hydroxyl groups is 1. The van der Waals surface area contributed by atoms with Crippen molar-refractivity contribution in [2.24, 2.45) is 0 Å². The molecule has 1 amide bonds. The molecule has 0 saturated carbocycles. The lowest BCUT2D eigenvalue weighted by molar-refractivity contribution is -0.870. The molecular weight excluding hydrogens is 888 g/mol. The Morgan fingerprint density at radius 3 is 1.33 bits per heavy atom. The van der Waals surface area contributed by atoms with Crippen molar-refractivity contribution in [2.45, 2.75) is 270 Å². The number of nitrogens with one attached hydrogen (secondary N) is 1. The van der Waals surface area contributed by atoms with Crippen LogP contribution in [-0.2, 0) is 18.4 Å². The van der Waals surface area contributed by atoms with Crippen LogP contribution in [0.2, 0.25) is 0 Å². The molecular formula is C61H113N2O6P. The van der Waals surface area contributed by atoms with Crippen LogP contribution < -0.4 is 10.2 Å². The van der Waals surface area contributed by atoms with Crippen LogP contribution in [0.5, 0.6) is 0 Å². The Balaban J connectivity index is 4.25. The topological polar surface area (TPSA) is 108 Å². The van der Waals surface area contributed by atoms with Crippen LogP contribution in [0.4, 0.5) is 0 Å². The number of phosphoric acid groups is 1. The summed E-state index contributed by atoms with van der Waals surface area (Å²) in [7, 11) is 1.24. The van der Waals surface area contributed by atoms with E-state index >= 15 is 0 Å². The van der Waals surface area contributed by atoms with E-state index in [0.717, 1.165) is 64.2 Å². The lowest BCUT2D eigenvalue weighted by atomic mass is 10.0. The molecule has 2 N–H and O–H groups in total. The number of quaternary nitrogens is 1. The normalized spacial score (nSPS) is 14.4. The molecule has 3 unspecified atom stereocenters. The predicted octanol–water partition coefficient (Wildman–Crippen LogP) is 17.2. The maximum Gasteiger partial charge on any atom is 0.268 e. The fourth-order valence-electron chi connectivity index (χ4n) is 8.34. The number of rotatable bonds is 53. The third-order valence-electron chi connectivity index (χ3n) is 12.9. The molecule has 70 heavy (non-hydrogen) atoms. The van der Waals surface area contributed by atoms with Gasteiger partial charge < -0.3 is 28.8 Å². The standard InChI is InChI=1S/C61H113N2O6P/c1-6-8-10-12-14-16-18-20-22-24-26-28-30-31-33-35-37-39-41-43-45-47-49-51-53-55-61(65)62-59(58-69-70(66,67)68-57-56-63(3,4)5)60(64)54-52-50-48-46-44-42-40-38-36-34-32-29-27-25-23-21-19-17-15-13-11-9-7-2/h8,10,14,16,20,22,26,28,44,46,52,54,59-60,64H,6-7,9,11-13,15,17-19,21,23-25,27,29-43,45,47-51,53,55-58H2,1-5H3,(H-,62,65,66,67)/b10-8-,16-14-,22-20-,28-26-,46-44+,54-52+. The molecule has 0 spiro atoms. The smallest absolute Gasteiger partial charge is 0.268 e. The highest BCUT2D eigenvalue weighted by Crippen LogP contribution is 2.38. The van der Waals surface area contributed by atoms with Gasteiger partial charge >= 0.3 is 0 Å². The maximum absolute atomic E-state index is 13.0. The lowest BCUT2D eigenvalue weighted by Crippen LogP contribution is -2.45. The van der Waals surface area contributed by atoms with Crippen LogP contribution in [0, 0.1) is 0 Å². The Hall–Kier alpha value is -2.06. The van der Waals surface area contributed by atoms with Gasteiger partial charge in [0.05, 0.1) is 39.9 Å². The minimum atomic E-state index is -4.61. The molecule has 0 rings (SSSR count). The van der Waals surface area contributed by atoms with E-state index in [1.54, 1.807) is 6.08 Å². The van der Waals surface area contributed by atoms with Crippen LogP contribution in [0.25, 0.3) is 0 Å². The maximum atomic E-state index is 13.0. The van der Waals surface area contributed by atoms with Gasteiger partial charge in [0.15, 0.2) is 0 Å². The number of carbonyl (C=O) groups is 1. The number of hydrogen-bond donors (Lipinski definition) is 2.